The number of hydrogen-bond acceptors (Lipinski definition) is 2. The van der Waals surface area contributed by atoms with Crippen LogP contribution in [0.4, 0.5) is 0 Å². The van der Waals surface area contributed by atoms with Crippen LogP contribution in [0.3, 0.4) is 0 Å². The van der Waals surface area contributed by atoms with Crippen molar-refractivity contribution in [2.75, 3.05) is 7.05 Å². The van der Waals surface area contributed by atoms with Crippen molar-refractivity contribution < 1.29 is 0 Å². The summed E-state index contributed by atoms with van der Waals surface area (Å²) in [6, 6.07) is 0.548. The first-order chi connectivity index (χ1) is 11.9. The van der Waals surface area contributed by atoms with E-state index in [-0.39, 0.29) is 0 Å². The minimum absolute atomic E-state index is 0.548. The van der Waals surface area contributed by atoms with Crippen molar-refractivity contribution in [3.63, 3.8) is 0 Å². The number of allylic oxidation sites excluding steroid dienone is 2. The first-order valence-corrected chi connectivity index (χ1v) is 10.7. The van der Waals surface area contributed by atoms with Crippen LogP contribution < -0.4 is 10.6 Å². The lowest BCUT2D eigenvalue weighted by Crippen LogP contribution is -2.28. The van der Waals surface area contributed by atoms with E-state index >= 15 is 0 Å². The molecular weight excluding hydrogens is 304 g/mol. The van der Waals surface area contributed by atoms with Gasteiger partial charge in [-0.05, 0) is 57.3 Å². The highest BCUT2D eigenvalue weighted by Gasteiger charge is 2.15. The highest BCUT2D eigenvalue weighted by atomic mass is 14.9. The van der Waals surface area contributed by atoms with E-state index in [0.29, 0.717) is 6.04 Å². The Hall–Kier alpha value is -0.920. The maximum absolute atomic E-state index is 4.25. The van der Waals surface area contributed by atoms with Crippen LogP contribution in [0.1, 0.15) is 98.3 Å². The van der Waals surface area contributed by atoms with E-state index in [4.69, 9.17) is 0 Å². The fourth-order valence-electron chi connectivity index (χ4n) is 3.61. The number of unbranched alkanes of at least 4 members (excludes halogenated alkanes) is 3. The predicted octanol–water partition coefficient (Wildman–Crippen LogP) is 6.79. The van der Waals surface area contributed by atoms with Crippen molar-refractivity contribution in [2.24, 2.45) is 11.8 Å². The first kappa shape index (κ1) is 24.1. The van der Waals surface area contributed by atoms with E-state index in [9.17, 15) is 0 Å². The van der Waals surface area contributed by atoms with Gasteiger partial charge in [-0.2, -0.15) is 0 Å². The van der Waals surface area contributed by atoms with E-state index in [1.807, 2.05) is 7.05 Å². The second-order valence-corrected chi connectivity index (χ2v) is 8.06. The second kappa shape index (κ2) is 15.3. The summed E-state index contributed by atoms with van der Waals surface area (Å²) in [6.45, 7) is 17.6. The lowest BCUT2D eigenvalue weighted by atomic mass is 9.86. The molecule has 0 aromatic rings. The topological polar surface area (TPSA) is 24.1 Å². The molecule has 2 heteroatoms. The third-order valence-corrected chi connectivity index (χ3v) is 5.33. The number of nitrogens with one attached hydrogen (secondary N) is 2. The molecule has 0 heterocycles. The molecule has 3 unspecified atom stereocenters. The fraction of sp³-hybridized carbons (Fsp3) is 0.826. The molecule has 0 aromatic carbocycles. The van der Waals surface area contributed by atoms with Crippen molar-refractivity contribution in [1.82, 2.24) is 10.6 Å². The van der Waals surface area contributed by atoms with Crippen LogP contribution in [0.25, 0.3) is 0 Å². The van der Waals surface area contributed by atoms with E-state index in [1.165, 1.54) is 63.5 Å². The highest BCUT2D eigenvalue weighted by molar-refractivity contribution is 4.93. The smallest absolute Gasteiger partial charge is 0.0232 e. The maximum Gasteiger partial charge on any atom is 0.0232 e. The zero-order valence-electron chi connectivity index (χ0n) is 17.9. The second-order valence-electron chi connectivity index (χ2n) is 8.06. The third-order valence-electron chi connectivity index (χ3n) is 5.33. The Bertz CT molecular complexity index is 348. The van der Waals surface area contributed by atoms with Gasteiger partial charge in [0.2, 0.25) is 0 Å². The Morgan fingerprint density at radius 3 is 2.00 bits per heavy atom. The molecule has 2 N–H and O–H groups in total. The standard InChI is InChI=1S/C23H46N2/c1-8-14-23(17-19(3)9-2)18-22(6)25-21(5)16-13-11-10-12-15-20(4)24-7/h19,22-25H,4-5,8-18H2,1-3,6-7H3. The fourth-order valence-corrected chi connectivity index (χ4v) is 3.61. The summed E-state index contributed by atoms with van der Waals surface area (Å²) >= 11 is 0. The summed E-state index contributed by atoms with van der Waals surface area (Å²) in [5, 5.41) is 6.78. The maximum atomic E-state index is 4.25. The minimum Gasteiger partial charge on any atom is -0.392 e. The summed E-state index contributed by atoms with van der Waals surface area (Å²) < 4.78 is 0. The summed E-state index contributed by atoms with van der Waals surface area (Å²) in [5.41, 5.74) is 2.38. The lowest BCUT2D eigenvalue weighted by Gasteiger charge is -2.25. The van der Waals surface area contributed by atoms with Crippen molar-refractivity contribution in [2.45, 2.75) is 104 Å². The van der Waals surface area contributed by atoms with Gasteiger partial charge in [-0.3, -0.25) is 0 Å². The van der Waals surface area contributed by atoms with Crippen LogP contribution in [0, 0.1) is 11.8 Å². The van der Waals surface area contributed by atoms with Crippen molar-refractivity contribution in [1.29, 1.82) is 0 Å². The molecule has 0 saturated heterocycles. The van der Waals surface area contributed by atoms with Crippen molar-refractivity contribution >= 4 is 0 Å². The average Bonchev–Trinajstić information content (AvgIpc) is 2.57. The highest BCUT2D eigenvalue weighted by Crippen LogP contribution is 2.24. The average molecular weight is 351 g/mol. The molecule has 0 fully saturated rings. The van der Waals surface area contributed by atoms with Gasteiger partial charge in [-0.15, -0.1) is 0 Å². The molecule has 148 valence electrons. The molecule has 0 rings (SSSR count). The van der Waals surface area contributed by atoms with E-state index in [1.54, 1.807) is 0 Å². The molecule has 0 aliphatic rings. The molecule has 2 nitrogen and oxygen atoms in total. The van der Waals surface area contributed by atoms with Crippen molar-refractivity contribution in [3.05, 3.63) is 24.6 Å². The monoisotopic (exact) mass is 350 g/mol. The Kier molecular flexibility index (Phi) is 14.8. The normalized spacial score (nSPS) is 14.6. The Labute approximate surface area is 158 Å². The van der Waals surface area contributed by atoms with Crippen LogP contribution in [0.2, 0.25) is 0 Å². The first-order valence-electron chi connectivity index (χ1n) is 10.7. The van der Waals surface area contributed by atoms with E-state index in [0.717, 1.165) is 30.4 Å². The zero-order chi connectivity index (χ0) is 19.1. The minimum atomic E-state index is 0.548. The SMILES string of the molecule is C=C(CCCCCCC(=C)NC(C)CC(CCC)CC(C)CC)NC. The largest absolute Gasteiger partial charge is 0.392 e. The quantitative estimate of drug-likeness (QED) is 0.282. The van der Waals surface area contributed by atoms with Gasteiger partial charge in [-0.1, -0.05) is 66.0 Å². The molecule has 0 aromatic heterocycles. The van der Waals surface area contributed by atoms with Crippen LogP contribution in [0.15, 0.2) is 24.6 Å². The van der Waals surface area contributed by atoms with Gasteiger partial charge < -0.3 is 10.6 Å². The van der Waals surface area contributed by atoms with E-state index in [2.05, 4.69) is 51.5 Å². The lowest BCUT2D eigenvalue weighted by molar-refractivity contribution is 0.314. The predicted molar refractivity (Wildman–Crippen MR) is 115 cm³/mol. The molecule has 0 amide bonds. The van der Waals surface area contributed by atoms with Crippen LogP contribution in [0.5, 0.6) is 0 Å². The Morgan fingerprint density at radius 1 is 0.880 bits per heavy atom. The molecular formula is C23H46N2. The molecule has 0 saturated carbocycles. The van der Waals surface area contributed by atoms with E-state index < -0.39 is 0 Å². The van der Waals surface area contributed by atoms with Gasteiger partial charge in [0.15, 0.2) is 0 Å². The molecule has 25 heavy (non-hydrogen) atoms. The van der Waals surface area contributed by atoms with Gasteiger partial charge in [-0.25, -0.2) is 0 Å². The third kappa shape index (κ3) is 14.0. The van der Waals surface area contributed by atoms with Gasteiger partial charge in [0.05, 0.1) is 0 Å². The van der Waals surface area contributed by atoms with Crippen LogP contribution in [-0.2, 0) is 0 Å². The molecule has 0 aliphatic carbocycles. The summed E-state index contributed by atoms with van der Waals surface area (Å²) in [4.78, 5) is 0. The molecule has 0 aliphatic heterocycles. The van der Waals surface area contributed by atoms with Gasteiger partial charge in [0, 0.05) is 24.5 Å². The Balaban J connectivity index is 3.89. The van der Waals surface area contributed by atoms with Crippen molar-refractivity contribution in [3.8, 4) is 0 Å². The van der Waals surface area contributed by atoms with Gasteiger partial charge in [0.25, 0.3) is 0 Å². The summed E-state index contributed by atoms with van der Waals surface area (Å²) in [6.07, 6.45) is 13.9. The molecule has 3 atom stereocenters. The zero-order valence-corrected chi connectivity index (χ0v) is 17.9. The summed E-state index contributed by atoms with van der Waals surface area (Å²) in [5.74, 6) is 1.71. The summed E-state index contributed by atoms with van der Waals surface area (Å²) in [7, 11) is 1.95. The number of rotatable bonds is 17. The molecule has 0 radical (unpaired) electrons. The Morgan fingerprint density at radius 2 is 1.48 bits per heavy atom. The molecule has 0 spiro atoms. The van der Waals surface area contributed by atoms with Gasteiger partial charge >= 0.3 is 0 Å². The van der Waals surface area contributed by atoms with Gasteiger partial charge in [0.1, 0.15) is 0 Å². The molecule has 0 bridgehead atoms. The number of hydrogen-bond donors (Lipinski definition) is 2. The van der Waals surface area contributed by atoms with Crippen LogP contribution in [-0.4, -0.2) is 13.1 Å². The van der Waals surface area contributed by atoms with Crippen LogP contribution >= 0.6 is 0 Å².